The van der Waals surface area contributed by atoms with Crippen molar-refractivity contribution in [2.24, 2.45) is 11.5 Å². The topological polar surface area (TPSA) is 106 Å². The van der Waals surface area contributed by atoms with Gasteiger partial charge in [-0.15, -0.1) is 0 Å². The van der Waals surface area contributed by atoms with Crippen LogP contribution in [0.4, 0.5) is 0 Å². The fraction of sp³-hybridized carbons (Fsp3) is 0.600. The van der Waals surface area contributed by atoms with Crippen LogP contribution in [0.25, 0.3) is 0 Å². The Morgan fingerprint density at radius 1 is 1.45 bits per heavy atom. The number of carboxylic acid groups (broad SMARTS) is 1. The molecule has 0 heterocycles. The van der Waals surface area contributed by atoms with E-state index in [9.17, 15) is 9.59 Å². The summed E-state index contributed by atoms with van der Waals surface area (Å²) in [4.78, 5) is 20.1. The van der Waals surface area contributed by atoms with Crippen molar-refractivity contribution in [3.63, 3.8) is 0 Å². The van der Waals surface area contributed by atoms with Crippen molar-refractivity contribution in [1.29, 1.82) is 0 Å². The largest absolute Gasteiger partial charge is 0.480 e. The molecule has 0 aliphatic carbocycles. The summed E-state index contributed by atoms with van der Waals surface area (Å²) in [5, 5.41) is 8.22. The number of carbonyl (C=O) groups excluding carboxylic acids is 1. The van der Waals surface area contributed by atoms with E-state index < -0.39 is 17.9 Å². The Morgan fingerprint density at radius 2 is 1.91 bits per heavy atom. The first-order valence-corrected chi connectivity index (χ1v) is 2.80. The molecule has 0 spiro atoms. The van der Waals surface area contributed by atoms with Crippen molar-refractivity contribution in [3.8, 4) is 0 Å². The van der Waals surface area contributed by atoms with E-state index in [0.717, 1.165) is 0 Å². The normalized spacial score (nSPS) is 11.4. The van der Waals surface area contributed by atoms with E-state index in [-0.39, 0.29) is 42.4 Å². The number of nitrogens with two attached hydrogens (primary N) is 2. The number of rotatable bonds is 4. The van der Waals surface area contributed by atoms with Crippen LogP contribution in [0.5, 0.6) is 0 Å². The van der Waals surface area contributed by atoms with Crippen LogP contribution in [-0.2, 0) is 9.59 Å². The third-order valence-electron chi connectivity index (χ3n) is 1.02. The van der Waals surface area contributed by atoms with Crippen molar-refractivity contribution in [2.75, 3.05) is 0 Å². The SMILES string of the molecule is NC(=O)CC[C@H](N)C(=O)O.[Na]. The minimum atomic E-state index is -1.11. The molecule has 5 N–H and O–H groups in total. The van der Waals surface area contributed by atoms with Gasteiger partial charge in [-0.3, -0.25) is 9.59 Å². The summed E-state index contributed by atoms with van der Waals surface area (Å²) >= 11 is 0. The molecule has 0 saturated heterocycles. The van der Waals surface area contributed by atoms with Gasteiger partial charge in [-0.2, -0.15) is 0 Å². The third-order valence-corrected chi connectivity index (χ3v) is 1.02. The average Bonchev–Trinajstić information content (AvgIpc) is 1.82. The number of hydrogen-bond donors (Lipinski definition) is 3. The van der Waals surface area contributed by atoms with Crippen LogP contribution < -0.4 is 11.5 Å². The third kappa shape index (κ3) is 7.80. The van der Waals surface area contributed by atoms with E-state index in [0.29, 0.717) is 0 Å². The summed E-state index contributed by atoms with van der Waals surface area (Å²) in [6.45, 7) is 0. The summed E-state index contributed by atoms with van der Waals surface area (Å²) in [5.74, 6) is -1.64. The predicted octanol–water partition coefficient (Wildman–Crippen LogP) is -1.72. The van der Waals surface area contributed by atoms with Gasteiger partial charge in [0, 0.05) is 36.0 Å². The Labute approximate surface area is 86.4 Å². The molecule has 0 bridgehead atoms. The smallest absolute Gasteiger partial charge is 0.320 e. The van der Waals surface area contributed by atoms with Crippen LogP contribution in [0, 0.1) is 0 Å². The zero-order valence-corrected chi connectivity index (χ0v) is 8.41. The van der Waals surface area contributed by atoms with Gasteiger partial charge in [-0.25, -0.2) is 0 Å². The minimum absolute atomic E-state index is 0. The van der Waals surface area contributed by atoms with Crippen molar-refractivity contribution in [2.45, 2.75) is 18.9 Å². The summed E-state index contributed by atoms with van der Waals surface area (Å²) in [5.41, 5.74) is 9.81. The van der Waals surface area contributed by atoms with Crippen LogP contribution >= 0.6 is 0 Å². The molecule has 0 aromatic rings. The number of carboxylic acids is 1. The van der Waals surface area contributed by atoms with E-state index >= 15 is 0 Å². The molecule has 6 heteroatoms. The Kier molecular flexibility index (Phi) is 8.09. The standard InChI is InChI=1S/C5H10N2O3.Na/c6-3(5(9)10)1-2-4(7)8;/h3H,1-2,6H2,(H2,7,8)(H,9,10);/t3-;/m0./s1. The van der Waals surface area contributed by atoms with Crippen LogP contribution in [0.2, 0.25) is 0 Å². The Bertz CT molecular complexity index is 151. The van der Waals surface area contributed by atoms with Gasteiger partial charge in [-0.05, 0) is 6.42 Å². The molecule has 1 atom stereocenters. The predicted molar refractivity (Wildman–Crippen MR) is 39.8 cm³/mol. The molecule has 1 amide bonds. The van der Waals surface area contributed by atoms with E-state index in [1.54, 1.807) is 0 Å². The fourth-order valence-corrected chi connectivity index (χ4v) is 0.421. The van der Waals surface area contributed by atoms with Gasteiger partial charge in [-0.1, -0.05) is 0 Å². The fourth-order valence-electron chi connectivity index (χ4n) is 0.421. The summed E-state index contributed by atoms with van der Waals surface area (Å²) < 4.78 is 0. The molecule has 59 valence electrons. The molecule has 5 nitrogen and oxygen atoms in total. The molecular formula is C5H10N2NaO3. The van der Waals surface area contributed by atoms with Crippen LogP contribution in [-0.4, -0.2) is 52.6 Å². The van der Waals surface area contributed by atoms with Gasteiger partial charge in [0.15, 0.2) is 0 Å². The quantitative estimate of drug-likeness (QED) is 0.435. The maximum absolute atomic E-state index is 10.1. The van der Waals surface area contributed by atoms with E-state index in [2.05, 4.69) is 0 Å². The zero-order valence-electron chi connectivity index (χ0n) is 6.41. The molecule has 0 aromatic carbocycles. The minimum Gasteiger partial charge on any atom is -0.480 e. The van der Waals surface area contributed by atoms with Crippen molar-refractivity contribution in [1.82, 2.24) is 0 Å². The van der Waals surface area contributed by atoms with Gasteiger partial charge in [0.25, 0.3) is 0 Å². The zero-order chi connectivity index (χ0) is 8.15. The molecule has 11 heavy (non-hydrogen) atoms. The molecular weight excluding hydrogens is 159 g/mol. The van der Waals surface area contributed by atoms with Crippen molar-refractivity contribution in [3.05, 3.63) is 0 Å². The average molecular weight is 169 g/mol. The summed E-state index contributed by atoms with van der Waals surface area (Å²) in [6.07, 6.45) is 0.123. The Morgan fingerprint density at radius 3 is 2.18 bits per heavy atom. The monoisotopic (exact) mass is 169 g/mol. The second-order valence-corrected chi connectivity index (χ2v) is 1.95. The number of aliphatic carboxylic acids is 1. The van der Waals surface area contributed by atoms with E-state index in [1.165, 1.54) is 0 Å². The van der Waals surface area contributed by atoms with Crippen LogP contribution in [0.15, 0.2) is 0 Å². The van der Waals surface area contributed by atoms with Gasteiger partial charge < -0.3 is 16.6 Å². The maximum Gasteiger partial charge on any atom is 0.320 e. The van der Waals surface area contributed by atoms with Crippen molar-refractivity contribution < 1.29 is 14.7 Å². The summed E-state index contributed by atoms with van der Waals surface area (Å²) in [6, 6.07) is -0.979. The van der Waals surface area contributed by atoms with Crippen LogP contribution in [0.3, 0.4) is 0 Å². The van der Waals surface area contributed by atoms with Gasteiger partial charge in [0.05, 0.1) is 0 Å². The number of primary amides is 1. The first-order chi connectivity index (χ1) is 4.54. The molecule has 0 fully saturated rings. The number of amides is 1. The number of hydrogen-bond acceptors (Lipinski definition) is 3. The Balaban J connectivity index is 0. The number of carbonyl (C=O) groups is 2. The molecule has 0 aliphatic heterocycles. The van der Waals surface area contributed by atoms with E-state index in [1.807, 2.05) is 0 Å². The maximum atomic E-state index is 10.1. The Hall–Kier alpha value is -0.100. The van der Waals surface area contributed by atoms with Crippen LogP contribution in [0.1, 0.15) is 12.8 Å². The second-order valence-electron chi connectivity index (χ2n) is 1.95. The van der Waals surface area contributed by atoms with Gasteiger partial charge >= 0.3 is 5.97 Å². The second kappa shape index (κ2) is 6.60. The van der Waals surface area contributed by atoms with E-state index in [4.69, 9.17) is 16.6 Å². The first-order valence-electron chi connectivity index (χ1n) is 2.80. The molecule has 1 radical (unpaired) electrons. The van der Waals surface area contributed by atoms with Crippen molar-refractivity contribution >= 4 is 41.4 Å². The molecule has 0 saturated carbocycles. The molecule has 0 rings (SSSR count). The first kappa shape index (κ1) is 13.5. The van der Waals surface area contributed by atoms with Gasteiger partial charge in [0.2, 0.25) is 5.91 Å². The molecule has 0 aromatic heterocycles. The molecule has 0 aliphatic rings. The van der Waals surface area contributed by atoms with Gasteiger partial charge in [0.1, 0.15) is 6.04 Å². The summed E-state index contributed by atoms with van der Waals surface area (Å²) in [7, 11) is 0. The molecule has 0 unspecified atom stereocenters.